The zero-order chi connectivity index (χ0) is 22.8. The van der Waals surface area contributed by atoms with Crippen molar-refractivity contribution >= 4 is 17.7 Å². The Bertz CT molecular complexity index is 1400. The van der Waals surface area contributed by atoms with Gasteiger partial charge in [0.25, 0.3) is 0 Å². The lowest BCUT2D eigenvalue weighted by Crippen LogP contribution is -2.06. The van der Waals surface area contributed by atoms with E-state index in [-0.39, 0.29) is 18.0 Å². The minimum atomic E-state index is -0.385. The monoisotopic (exact) mass is 436 g/mol. The van der Waals surface area contributed by atoms with Gasteiger partial charge < -0.3 is 0 Å². The number of halogens is 1. The molecule has 0 saturated carbocycles. The first-order chi connectivity index (χ1) is 16.1. The third-order valence-corrected chi connectivity index (χ3v) is 5.72. The van der Waals surface area contributed by atoms with Gasteiger partial charge in [0.1, 0.15) is 23.5 Å². The van der Waals surface area contributed by atoms with E-state index >= 15 is 0 Å². The molecule has 1 aliphatic rings. The first-order valence-electron chi connectivity index (χ1n) is 10.8. The van der Waals surface area contributed by atoms with Crippen molar-refractivity contribution in [1.82, 2.24) is 15.0 Å². The van der Waals surface area contributed by atoms with Crippen molar-refractivity contribution in [2.45, 2.75) is 26.2 Å². The van der Waals surface area contributed by atoms with Crippen molar-refractivity contribution in [3.05, 3.63) is 107 Å². The Hall–Kier alpha value is -4.06. The molecule has 33 heavy (non-hydrogen) atoms. The van der Waals surface area contributed by atoms with Crippen LogP contribution in [0.15, 0.2) is 72.1 Å². The molecule has 0 fully saturated rings. The van der Waals surface area contributed by atoms with Gasteiger partial charge in [-0.25, -0.2) is 14.4 Å². The predicted octanol–water partition coefficient (Wildman–Crippen LogP) is 5.26. The fourth-order valence-electron chi connectivity index (χ4n) is 4.08. The Balaban J connectivity index is 1.44. The average Bonchev–Trinajstić information content (AvgIpc) is 3.31. The third kappa shape index (κ3) is 4.32. The summed E-state index contributed by atoms with van der Waals surface area (Å²) in [5, 5.41) is 0. The molecular formula is C27H21FN4O. The van der Waals surface area contributed by atoms with Crippen LogP contribution in [-0.4, -0.2) is 26.9 Å². The van der Waals surface area contributed by atoms with Gasteiger partial charge in [0.05, 0.1) is 11.4 Å². The van der Waals surface area contributed by atoms with Crippen LogP contribution in [0, 0.1) is 12.7 Å². The van der Waals surface area contributed by atoms with Gasteiger partial charge in [-0.2, -0.15) is 0 Å². The van der Waals surface area contributed by atoms with E-state index in [4.69, 9.17) is 0 Å². The van der Waals surface area contributed by atoms with Crippen molar-refractivity contribution in [3.8, 4) is 11.3 Å². The Labute approximate surface area is 191 Å². The number of hydrogen-bond donors (Lipinski definition) is 0. The number of benzene rings is 2. The Kier molecular flexibility index (Phi) is 5.57. The fourth-order valence-corrected chi connectivity index (χ4v) is 4.08. The third-order valence-electron chi connectivity index (χ3n) is 5.72. The molecular weight excluding hydrogens is 415 g/mol. The van der Waals surface area contributed by atoms with Gasteiger partial charge in [-0.05, 0) is 42.3 Å². The molecule has 0 spiro atoms. The number of ketones is 1. The second-order valence-electron chi connectivity index (χ2n) is 8.10. The van der Waals surface area contributed by atoms with E-state index in [0.29, 0.717) is 24.0 Å². The smallest absolute Gasteiger partial charge is 0.167 e. The van der Waals surface area contributed by atoms with Gasteiger partial charge >= 0.3 is 0 Å². The van der Waals surface area contributed by atoms with Gasteiger partial charge in [0.15, 0.2) is 5.78 Å². The second-order valence-corrected chi connectivity index (χ2v) is 8.10. The lowest BCUT2D eigenvalue weighted by Gasteiger charge is -2.11. The molecule has 0 radical (unpaired) electrons. The highest BCUT2D eigenvalue weighted by Crippen LogP contribution is 2.34. The van der Waals surface area contributed by atoms with Crippen LogP contribution in [0.5, 0.6) is 0 Å². The molecule has 4 aromatic rings. The first kappa shape index (κ1) is 20.8. The highest BCUT2D eigenvalue weighted by Gasteiger charge is 2.19. The number of aliphatic imine (C=N–C) groups is 1. The number of aromatic nitrogens is 3. The SMILES string of the molecule is Cc1cccc(C(=O)Cc2cc(Cc3ncccc3-c3ncnc4c3N=CC4)ccc2F)c1. The zero-order valence-electron chi connectivity index (χ0n) is 18.1. The lowest BCUT2D eigenvalue weighted by molar-refractivity contribution is 0.0991. The first-order valence-corrected chi connectivity index (χ1v) is 10.8. The molecule has 2 aromatic heterocycles. The summed E-state index contributed by atoms with van der Waals surface area (Å²) in [5.41, 5.74) is 6.93. The normalized spacial score (nSPS) is 12.1. The van der Waals surface area contributed by atoms with Crippen LogP contribution in [0.25, 0.3) is 11.3 Å². The summed E-state index contributed by atoms with van der Waals surface area (Å²) < 4.78 is 14.6. The van der Waals surface area contributed by atoms with E-state index in [1.54, 1.807) is 30.7 Å². The molecule has 5 rings (SSSR count). The lowest BCUT2D eigenvalue weighted by atomic mass is 9.97. The molecule has 0 atom stereocenters. The van der Waals surface area contributed by atoms with Crippen molar-refractivity contribution in [3.63, 3.8) is 0 Å². The van der Waals surface area contributed by atoms with Crippen LogP contribution in [-0.2, 0) is 19.3 Å². The van der Waals surface area contributed by atoms with Crippen LogP contribution >= 0.6 is 0 Å². The van der Waals surface area contributed by atoms with E-state index in [2.05, 4.69) is 19.9 Å². The van der Waals surface area contributed by atoms with Gasteiger partial charge in [-0.15, -0.1) is 0 Å². The number of carbonyl (C=O) groups excluding carboxylic acids is 1. The molecule has 0 unspecified atom stereocenters. The molecule has 0 N–H and O–H groups in total. The number of carbonyl (C=O) groups is 1. The van der Waals surface area contributed by atoms with E-state index in [1.165, 1.54) is 6.07 Å². The van der Waals surface area contributed by atoms with E-state index in [9.17, 15) is 9.18 Å². The topological polar surface area (TPSA) is 68.1 Å². The summed E-state index contributed by atoms with van der Waals surface area (Å²) in [6.45, 7) is 1.93. The van der Waals surface area contributed by atoms with Crippen LogP contribution < -0.4 is 0 Å². The van der Waals surface area contributed by atoms with Crippen LogP contribution in [0.4, 0.5) is 10.1 Å². The van der Waals surface area contributed by atoms with Crippen molar-refractivity contribution in [1.29, 1.82) is 0 Å². The Morgan fingerprint density at radius 1 is 1.03 bits per heavy atom. The number of pyridine rings is 1. The highest BCUT2D eigenvalue weighted by molar-refractivity contribution is 5.97. The maximum Gasteiger partial charge on any atom is 0.167 e. The van der Waals surface area contributed by atoms with Crippen LogP contribution in [0.1, 0.15) is 38.4 Å². The number of nitrogens with zero attached hydrogens (tertiary/aromatic N) is 4. The molecule has 6 heteroatoms. The van der Waals surface area contributed by atoms with Gasteiger partial charge in [0, 0.05) is 42.8 Å². The number of fused-ring (bicyclic) bond motifs is 1. The largest absolute Gasteiger partial charge is 0.294 e. The van der Waals surface area contributed by atoms with Crippen LogP contribution in [0.3, 0.4) is 0 Å². The molecule has 162 valence electrons. The van der Waals surface area contributed by atoms with Gasteiger partial charge in [-0.3, -0.25) is 14.8 Å². The predicted molar refractivity (Wildman–Crippen MR) is 126 cm³/mol. The summed E-state index contributed by atoms with van der Waals surface area (Å²) in [7, 11) is 0. The molecule has 0 amide bonds. The number of hydrogen-bond acceptors (Lipinski definition) is 5. The maximum absolute atomic E-state index is 14.6. The zero-order valence-corrected chi connectivity index (χ0v) is 18.1. The second kappa shape index (κ2) is 8.82. The quantitative estimate of drug-likeness (QED) is 0.387. The average molecular weight is 436 g/mol. The molecule has 1 aliphatic heterocycles. The maximum atomic E-state index is 14.6. The van der Waals surface area contributed by atoms with Crippen molar-refractivity contribution in [2.75, 3.05) is 0 Å². The summed E-state index contributed by atoms with van der Waals surface area (Å²) in [6.07, 6.45) is 6.28. The Morgan fingerprint density at radius 3 is 2.82 bits per heavy atom. The fraction of sp³-hybridized carbons (Fsp3) is 0.148. The van der Waals surface area contributed by atoms with Crippen LogP contribution in [0.2, 0.25) is 0 Å². The molecule has 0 aliphatic carbocycles. The van der Waals surface area contributed by atoms with Crippen molar-refractivity contribution in [2.24, 2.45) is 4.99 Å². The molecule has 3 heterocycles. The number of aryl methyl sites for hydroxylation is 1. The minimum absolute atomic E-state index is 0.00628. The minimum Gasteiger partial charge on any atom is -0.294 e. The molecule has 5 nitrogen and oxygen atoms in total. The Morgan fingerprint density at radius 2 is 1.94 bits per heavy atom. The van der Waals surface area contributed by atoms with Crippen molar-refractivity contribution < 1.29 is 9.18 Å². The number of rotatable bonds is 6. The van der Waals surface area contributed by atoms with E-state index in [0.717, 1.165) is 39.5 Å². The molecule has 0 saturated heterocycles. The summed E-state index contributed by atoms with van der Waals surface area (Å²) in [6, 6.07) is 16.1. The standard InChI is InChI=1S/C27H21FN4O/c1-17-4-2-5-19(12-17)25(33)15-20-13-18(7-8-22(20)28)14-24-21(6-3-10-29-24)26-27-23(9-11-30-27)31-16-32-26/h2-8,10-13,16H,9,14-15H2,1H3. The van der Waals surface area contributed by atoms with E-state index in [1.807, 2.05) is 43.5 Å². The highest BCUT2D eigenvalue weighted by atomic mass is 19.1. The van der Waals surface area contributed by atoms with E-state index < -0.39 is 0 Å². The summed E-state index contributed by atoms with van der Waals surface area (Å²) in [4.78, 5) is 30.5. The summed E-state index contributed by atoms with van der Waals surface area (Å²) >= 11 is 0. The van der Waals surface area contributed by atoms with Gasteiger partial charge in [0.2, 0.25) is 0 Å². The summed E-state index contributed by atoms with van der Waals surface area (Å²) in [5.74, 6) is -0.494. The number of Topliss-reactive ketones (excluding diaryl/α,β-unsaturated/α-hetero) is 1. The molecule has 2 aromatic carbocycles. The molecule has 0 bridgehead atoms. The van der Waals surface area contributed by atoms with Gasteiger partial charge in [-0.1, -0.05) is 35.9 Å².